The first-order chi connectivity index (χ1) is 15.9. The zero-order valence-corrected chi connectivity index (χ0v) is 19.7. The van der Waals surface area contributed by atoms with Crippen LogP contribution in [0, 0.1) is 11.3 Å². The van der Waals surface area contributed by atoms with Gasteiger partial charge in [0.25, 0.3) is 0 Å². The van der Waals surface area contributed by atoms with Crippen LogP contribution in [0.15, 0.2) is 42.5 Å². The molecule has 1 fully saturated rings. The molecule has 1 aliphatic carbocycles. The van der Waals surface area contributed by atoms with Gasteiger partial charge in [-0.15, -0.1) is 13.2 Å². The zero-order chi connectivity index (χ0) is 24.7. The minimum atomic E-state index is -4.74. The van der Waals surface area contributed by atoms with Gasteiger partial charge in [-0.1, -0.05) is 20.8 Å². The number of anilines is 3. The Hall–Kier alpha value is -3.23. The quantitative estimate of drug-likeness (QED) is 0.417. The highest BCUT2D eigenvalue weighted by Crippen LogP contribution is 2.46. The third-order valence-corrected chi connectivity index (χ3v) is 6.08. The molecule has 9 heteroatoms. The number of nitrogens with one attached hydrogen (secondary N) is 2. The fraction of sp³-hybridized carbons (Fsp3) is 0.440. The SMILES string of the molecule is CC(=O)Nc1ccc2c(c1)nc(Nc1ccc(OC(F)(F)F)cc1)n2C1CC(C)CC(C)(C)C1. The van der Waals surface area contributed by atoms with E-state index in [4.69, 9.17) is 4.98 Å². The Morgan fingerprint density at radius 1 is 1.12 bits per heavy atom. The fourth-order valence-electron chi connectivity index (χ4n) is 5.20. The molecular weight excluding hydrogens is 445 g/mol. The molecule has 1 heterocycles. The van der Waals surface area contributed by atoms with Crippen molar-refractivity contribution in [2.75, 3.05) is 10.6 Å². The Morgan fingerprint density at radius 2 is 1.79 bits per heavy atom. The average molecular weight is 475 g/mol. The number of carbonyl (C=O) groups excluding carboxylic acids is 1. The number of ether oxygens (including phenoxy) is 1. The second-order valence-corrected chi connectivity index (χ2v) is 9.95. The van der Waals surface area contributed by atoms with Crippen molar-refractivity contribution in [3.8, 4) is 5.75 Å². The van der Waals surface area contributed by atoms with Gasteiger partial charge in [0.1, 0.15) is 5.75 Å². The lowest BCUT2D eigenvalue weighted by Crippen LogP contribution is -2.29. The van der Waals surface area contributed by atoms with Gasteiger partial charge in [0.15, 0.2) is 0 Å². The van der Waals surface area contributed by atoms with Gasteiger partial charge in [-0.25, -0.2) is 4.98 Å². The standard InChI is InChI=1S/C25H29F3N4O2/c1-15-11-19(14-24(3,4)13-15)32-22-10-7-18(29-16(2)33)12-21(22)31-23(32)30-17-5-8-20(9-6-17)34-25(26,27)28/h5-10,12,15,19H,11,13-14H2,1-4H3,(H,29,33)(H,30,31). The number of alkyl halides is 3. The molecule has 2 aromatic carbocycles. The minimum absolute atomic E-state index is 0.166. The molecule has 182 valence electrons. The number of nitrogens with zero attached hydrogens (tertiary/aromatic N) is 2. The maximum atomic E-state index is 12.5. The van der Waals surface area contributed by atoms with E-state index < -0.39 is 6.36 Å². The van der Waals surface area contributed by atoms with Gasteiger partial charge in [0, 0.05) is 24.3 Å². The minimum Gasteiger partial charge on any atom is -0.406 e. The highest BCUT2D eigenvalue weighted by Gasteiger charge is 2.35. The third-order valence-electron chi connectivity index (χ3n) is 6.08. The molecule has 0 aliphatic heterocycles. The van der Waals surface area contributed by atoms with Gasteiger partial charge < -0.3 is 19.9 Å². The van der Waals surface area contributed by atoms with Crippen molar-refractivity contribution in [2.24, 2.45) is 11.3 Å². The van der Waals surface area contributed by atoms with E-state index in [9.17, 15) is 18.0 Å². The van der Waals surface area contributed by atoms with E-state index in [1.807, 2.05) is 18.2 Å². The van der Waals surface area contributed by atoms with E-state index >= 15 is 0 Å². The van der Waals surface area contributed by atoms with Crippen LogP contribution >= 0.6 is 0 Å². The maximum Gasteiger partial charge on any atom is 0.573 e. The van der Waals surface area contributed by atoms with Crippen LogP contribution in [0.1, 0.15) is 53.0 Å². The van der Waals surface area contributed by atoms with Crippen molar-refractivity contribution in [2.45, 2.75) is 59.4 Å². The molecule has 1 aromatic heterocycles. The zero-order valence-electron chi connectivity index (χ0n) is 19.7. The summed E-state index contributed by atoms with van der Waals surface area (Å²) in [5.74, 6) is 0.696. The summed E-state index contributed by atoms with van der Waals surface area (Å²) < 4.78 is 43.6. The summed E-state index contributed by atoms with van der Waals surface area (Å²) in [6, 6.07) is 11.4. The molecule has 1 saturated carbocycles. The molecule has 0 bridgehead atoms. The molecule has 0 radical (unpaired) electrons. The smallest absolute Gasteiger partial charge is 0.406 e. The van der Waals surface area contributed by atoms with Gasteiger partial charge >= 0.3 is 6.36 Å². The average Bonchev–Trinajstić information content (AvgIpc) is 3.03. The lowest BCUT2D eigenvalue weighted by molar-refractivity contribution is -0.274. The first kappa shape index (κ1) is 23.9. The Bertz CT molecular complexity index is 1190. The van der Waals surface area contributed by atoms with E-state index in [-0.39, 0.29) is 23.1 Å². The molecule has 0 spiro atoms. The number of aromatic nitrogens is 2. The molecule has 0 saturated heterocycles. The number of hydrogen-bond acceptors (Lipinski definition) is 4. The van der Waals surface area contributed by atoms with Crippen LogP contribution in [-0.2, 0) is 4.79 Å². The van der Waals surface area contributed by atoms with E-state index in [0.717, 1.165) is 30.3 Å². The molecule has 1 amide bonds. The maximum absolute atomic E-state index is 12.5. The number of rotatable bonds is 5. The summed E-state index contributed by atoms with van der Waals surface area (Å²) in [7, 11) is 0. The van der Waals surface area contributed by atoms with Crippen molar-refractivity contribution in [3.05, 3.63) is 42.5 Å². The van der Waals surface area contributed by atoms with Gasteiger partial charge in [-0.2, -0.15) is 0 Å². The summed E-state index contributed by atoms with van der Waals surface area (Å²) in [6.45, 7) is 8.26. The molecule has 34 heavy (non-hydrogen) atoms. The number of benzene rings is 2. The first-order valence-corrected chi connectivity index (χ1v) is 11.3. The summed E-state index contributed by atoms with van der Waals surface area (Å²) in [4.78, 5) is 16.3. The lowest BCUT2D eigenvalue weighted by atomic mass is 9.70. The van der Waals surface area contributed by atoms with Gasteiger partial charge in [0.05, 0.1) is 11.0 Å². The van der Waals surface area contributed by atoms with Crippen molar-refractivity contribution >= 4 is 34.3 Å². The summed E-state index contributed by atoms with van der Waals surface area (Å²) in [5.41, 5.74) is 3.08. The molecule has 4 rings (SSSR count). The number of amides is 1. The molecule has 1 aliphatic rings. The topological polar surface area (TPSA) is 68.2 Å². The molecule has 2 atom stereocenters. The highest BCUT2D eigenvalue weighted by atomic mass is 19.4. The second-order valence-electron chi connectivity index (χ2n) is 9.95. The molecule has 3 aromatic rings. The monoisotopic (exact) mass is 474 g/mol. The van der Waals surface area contributed by atoms with Crippen molar-refractivity contribution in [1.82, 2.24) is 9.55 Å². The van der Waals surface area contributed by atoms with Crippen LogP contribution in [0.3, 0.4) is 0 Å². The third kappa shape index (κ3) is 5.63. The Labute approximate surface area is 196 Å². The van der Waals surface area contributed by atoms with E-state index in [1.165, 1.54) is 31.2 Å². The van der Waals surface area contributed by atoms with E-state index in [0.29, 0.717) is 23.2 Å². The van der Waals surface area contributed by atoms with Crippen LogP contribution in [0.5, 0.6) is 5.75 Å². The Balaban J connectivity index is 1.72. The summed E-state index contributed by atoms with van der Waals surface area (Å²) >= 11 is 0. The molecular formula is C25H29F3N4O2. The van der Waals surface area contributed by atoms with Gasteiger partial charge in [-0.3, -0.25) is 4.79 Å². The predicted octanol–water partition coefficient (Wildman–Crippen LogP) is 7.02. The normalized spacial score (nSPS) is 20.2. The molecule has 2 N–H and O–H groups in total. The number of imidazole rings is 1. The lowest BCUT2D eigenvalue weighted by Gasteiger charge is -2.40. The van der Waals surface area contributed by atoms with Crippen molar-refractivity contribution in [3.63, 3.8) is 0 Å². The van der Waals surface area contributed by atoms with Crippen LogP contribution in [-0.4, -0.2) is 21.8 Å². The molecule has 2 unspecified atom stereocenters. The Morgan fingerprint density at radius 3 is 2.41 bits per heavy atom. The van der Waals surface area contributed by atoms with Crippen molar-refractivity contribution < 1.29 is 22.7 Å². The highest BCUT2D eigenvalue weighted by molar-refractivity contribution is 5.92. The predicted molar refractivity (Wildman–Crippen MR) is 126 cm³/mol. The number of hydrogen-bond donors (Lipinski definition) is 2. The van der Waals surface area contributed by atoms with Gasteiger partial charge in [-0.05, 0) is 73.1 Å². The number of carbonyl (C=O) groups is 1. The number of fused-ring (bicyclic) bond motifs is 1. The van der Waals surface area contributed by atoms with E-state index in [2.05, 4.69) is 40.7 Å². The largest absolute Gasteiger partial charge is 0.573 e. The van der Waals surface area contributed by atoms with Crippen LogP contribution in [0.25, 0.3) is 11.0 Å². The summed E-state index contributed by atoms with van der Waals surface area (Å²) in [6.07, 6.45) is -1.62. The van der Waals surface area contributed by atoms with E-state index in [1.54, 1.807) is 0 Å². The van der Waals surface area contributed by atoms with Crippen LogP contribution < -0.4 is 15.4 Å². The number of halogens is 3. The fourth-order valence-corrected chi connectivity index (χ4v) is 5.20. The van der Waals surface area contributed by atoms with Crippen LogP contribution in [0.4, 0.5) is 30.5 Å². The first-order valence-electron chi connectivity index (χ1n) is 11.3. The second kappa shape index (κ2) is 8.85. The summed E-state index contributed by atoms with van der Waals surface area (Å²) in [5, 5.41) is 6.06. The molecule has 6 nitrogen and oxygen atoms in total. The van der Waals surface area contributed by atoms with Crippen LogP contribution in [0.2, 0.25) is 0 Å². The van der Waals surface area contributed by atoms with Crippen molar-refractivity contribution in [1.29, 1.82) is 0 Å². The van der Waals surface area contributed by atoms with Gasteiger partial charge in [0.2, 0.25) is 11.9 Å². The Kier molecular flexibility index (Phi) is 6.22.